The van der Waals surface area contributed by atoms with Crippen LogP contribution in [0.5, 0.6) is 11.5 Å². The highest BCUT2D eigenvalue weighted by molar-refractivity contribution is 5.89. The number of esters is 1. The van der Waals surface area contributed by atoms with E-state index < -0.39 is 29.7 Å². The molecule has 9 heteroatoms. The number of nitrogens with zero attached hydrogens (tertiary/aromatic N) is 2. The molecule has 2 aliphatic heterocycles. The van der Waals surface area contributed by atoms with Gasteiger partial charge in [0.25, 0.3) is 0 Å². The summed E-state index contributed by atoms with van der Waals surface area (Å²) in [5.74, 6) is 0.606. The van der Waals surface area contributed by atoms with Crippen LogP contribution in [0.2, 0.25) is 0 Å². The minimum absolute atomic E-state index is 0.0142. The lowest BCUT2D eigenvalue weighted by Gasteiger charge is -2.38. The van der Waals surface area contributed by atoms with Gasteiger partial charge in [0.05, 0.1) is 13.2 Å². The Morgan fingerprint density at radius 1 is 1.05 bits per heavy atom. The fourth-order valence-electron chi connectivity index (χ4n) is 5.62. The molecule has 0 spiro atoms. The topological polar surface area (TPSA) is 94.6 Å². The second-order valence-electron chi connectivity index (χ2n) is 12.4. The van der Waals surface area contributed by atoms with Crippen LogP contribution in [0.25, 0.3) is 0 Å². The van der Waals surface area contributed by atoms with Gasteiger partial charge in [-0.05, 0) is 82.1 Å². The van der Waals surface area contributed by atoms with Crippen LogP contribution in [0.15, 0.2) is 48.5 Å². The van der Waals surface area contributed by atoms with Gasteiger partial charge in [-0.2, -0.15) is 0 Å². The number of hydrogen-bond donors (Lipinski definition) is 0. The van der Waals surface area contributed by atoms with Crippen LogP contribution in [-0.2, 0) is 32.1 Å². The minimum atomic E-state index is -0.933. The predicted molar refractivity (Wildman–Crippen MR) is 158 cm³/mol. The summed E-state index contributed by atoms with van der Waals surface area (Å²) in [7, 11) is 4.81. The molecule has 2 atom stereocenters. The highest BCUT2D eigenvalue weighted by Gasteiger charge is 2.39. The lowest BCUT2D eigenvalue weighted by molar-refractivity contribution is -0.156. The van der Waals surface area contributed by atoms with E-state index in [1.807, 2.05) is 48.5 Å². The van der Waals surface area contributed by atoms with E-state index >= 15 is 0 Å². The van der Waals surface area contributed by atoms with E-state index in [1.54, 1.807) is 42.0 Å². The summed E-state index contributed by atoms with van der Waals surface area (Å²) in [4.78, 5) is 43.8. The van der Waals surface area contributed by atoms with Crippen molar-refractivity contribution in [3.63, 3.8) is 0 Å². The van der Waals surface area contributed by atoms with Gasteiger partial charge in [-0.3, -0.25) is 9.69 Å². The maximum atomic E-state index is 14.2. The molecule has 4 bridgehead atoms. The lowest BCUT2D eigenvalue weighted by atomic mass is 9.82. The molecule has 0 unspecified atom stereocenters. The number of carbonyl (C=O) groups excluding carboxylic acids is 3. The second-order valence-corrected chi connectivity index (χ2v) is 12.4. The zero-order chi connectivity index (χ0) is 30.4. The minimum Gasteiger partial charge on any atom is -0.493 e. The first-order chi connectivity index (χ1) is 19.9. The standard InChI is InChI=1S/C33H44N2O7/c1-33(2,3)42-32(38)35(5)26-18-22-12-15-25(16-13-22)41-29-20-24(14-17-28(29)39-6)19-27(34(4)30(26)36)31(37)40-21-23-10-8-7-9-11-23/h7-11,14,17,20,22,25-27H,12-13,15-16,18-19,21H2,1-6H3/t22?,25?,26-,27-/m0/s1. The molecule has 0 N–H and O–H groups in total. The van der Waals surface area contributed by atoms with Gasteiger partial charge in [0.15, 0.2) is 11.5 Å². The molecule has 9 nitrogen and oxygen atoms in total. The van der Waals surface area contributed by atoms with E-state index in [0.29, 0.717) is 17.9 Å². The number of likely N-dealkylation sites (N-methyl/N-ethyl adjacent to an activating group) is 2. The van der Waals surface area contributed by atoms with Crippen molar-refractivity contribution in [2.45, 2.75) is 89.7 Å². The van der Waals surface area contributed by atoms with Crippen LogP contribution < -0.4 is 9.47 Å². The largest absolute Gasteiger partial charge is 0.493 e. The molecule has 1 fully saturated rings. The molecule has 3 aliphatic rings. The molecule has 2 amide bonds. The van der Waals surface area contributed by atoms with Crippen molar-refractivity contribution in [1.29, 1.82) is 0 Å². The highest BCUT2D eigenvalue weighted by atomic mass is 16.6. The molecule has 1 aliphatic carbocycles. The average Bonchev–Trinajstić information content (AvgIpc) is 2.96. The Kier molecular flexibility index (Phi) is 10.0. The average molecular weight is 581 g/mol. The number of hydrogen-bond acceptors (Lipinski definition) is 7. The first-order valence-corrected chi connectivity index (χ1v) is 14.7. The van der Waals surface area contributed by atoms with Crippen LogP contribution in [0.1, 0.15) is 64.0 Å². The summed E-state index contributed by atoms with van der Waals surface area (Å²) < 4.78 is 23.4. The maximum Gasteiger partial charge on any atom is 0.410 e. The molecule has 0 aromatic heterocycles. The molecule has 228 valence electrons. The van der Waals surface area contributed by atoms with Crippen molar-refractivity contribution < 1.29 is 33.3 Å². The van der Waals surface area contributed by atoms with Gasteiger partial charge in [-0.1, -0.05) is 36.4 Å². The molecule has 0 radical (unpaired) electrons. The Bertz CT molecular complexity index is 1230. The Hall–Kier alpha value is -3.75. The van der Waals surface area contributed by atoms with Crippen molar-refractivity contribution in [2.75, 3.05) is 21.2 Å². The van der Waals surface area contributed by atoms with Gasteiger partial charge in [0, 0.05) is 20.5 Å². The number of carbonyl (C=O) groups is 3. The van der Waals surface area contributed by atoms with Gasteiger partial charge in [0.1, 0.15) is 24.3 Å². The molecule has 2 heterocycles. The van der Waals surface area contributed by atoms with Crippen molar-refractivity contribution >= 4 is 18.0 Å². The Morgan fingerprint density at radius 2 is 1.74 bits per heavy atom. The van der Waals surface area contributed by atoms with E-state index in [4.69, 9.17) is 18.9 Å². The second kappa shape index (κ2) is 13.5. The summed E-state index contributed by atoms with van der Waals surface area (Å²) in [6, 6.07) is 13.3. The molecule has 1 saturated carbocycles. The van der Waals surface area contributed by atoms with Gasteiger partial charge < -0.3 is 23.8 Å². The molecule has 0 saturated heterocycles. The maximum absolute atomic E-state index is 14.2. The fourth-order valence-corrected chi connectivity index (χ4v) is 5.62. The predicted octanol–water partition coefficient (Wildman–Crippen LogP) is 5.38. The van der Waals surface area contributed by atoms with E-state index in [0.717, 1.165) is 36.8 Å². The molecule has 2 aromatic carbocycles. The van der Waals surface area contributed by atoms with Crippen molar-refractivity contribution in [1.82, 2.24) is 9.80 Å². The lowest BCUT2D eigenvalue weighted by Crippen LogP contribution is -2.55. The zero-order valence-electron chi connectivity index (χ0n) is 25.6. The SMILES string of the molecule is COc1ccc2cc1OC1CCC(CC1)C[C@H](N(C)C(=O)OC(C)(C)C)C(=O)N(C)[C@H](C(=O)OCc1ccccc1)C2. The van der Waals surface area contributed by atoms with Gasteiger partial charge in [-0.25, -0.2) is 9.59 Å². The number of methoxy groups -OCH3 is 1. The first-order valence-electron chi connectivity index (χ1n) is 14.7. The molecular formula is C33H44N2O7. The Labute approximate surface area is 249 Å². The van der Waals surface area contributed by atoms with Crippen molar-refractivity contribution in [3.05, 3.63) is 59.7 Å². The van der Waals surface area contributed by atoms with Crippen LogP contribution in [0, 0.1) is 5.92 Å². The van der Waals surface area contributed by atoms with E-state index in [2.05, 4.69) is 0 Å². The smallest absolute Gasteiger partial charge is 0.410 e. The van der Waals surface area contributed by atoms with Crippen LogP contribution in [0.3, 0.4) is 0 Å². The van der Waals surface area contributed by atoms with Crippen molar-refractivity contribution in [3.8, 4) is 11.5 Å². The van der Waals surface area contributed by atoms with Crippen LogP contribution in [0.4, 0.5) is 4.79 Å². The molecule has 5 rings (SSSR count). The third-order valence-corrected chi connectivity index (χ3v) is 8.05. The van der Waals surface area contributed by atoms with Crippen LogP contribution in [-0.4, -0.2) is 72.8 Å². The number of benzene rings is 2. The molecule has 42 heavy (non-hydrogen) atoms. The van der Waals surface area contributed by atoms with Crippen LogP contribution >= 0.6 is 0 Å². The zero-order valence-corrected chi connectivity index (χ0v) is 25.6. The molecule has 2 aromatic rings. The third-order valence-electron chi connectivity index (χ3n) is 8.05. The summed E-state index contributed by atoms with van der Waals surface area (Å²) in [6.07, 6.45) is 3.48. The monoisotopic (exact) mass is 580 g/mol. The Balaban J connectivity index is 1.69. The number of amides is 2. The number of ether oxygens (including phenoxy) is 4. The summed E-state index contributed by atoms with van der Waals surface area (Å²) in [6.45, 7) is 5.47. The third kappa shape index (κ3) is 7.95. The quantitative estimate of drug-likeness (QED) is 0.438. The van der Waals surface area contributed by atoms with Crippen molar-refractivity contribution in [2.24, 2.45) is 5.92 Å². The van der Waals surface area contributed by atoms with Gasteiger partial charge in [0.2, 0.25) is 5.91 Å². The number of rotatable bonds is 5. The summed E-state index contributed by atoms with van der Waals surface area (Å²) >= 11 is 0. The molecular weight excluding hydrogens is 536 g/mol. The van der Waals surface area contributed by atoms with Gasteiger partial charge >= 0.3 is 12.1 Å². The normalized spacial score (nSPS) is 22.9. The number of fused-ring (bicyclic) bond motifs is 7. The highest BCUT2D eigenvalue weighted by Crippen LogP contribution is 2.36. The van der Waals surface area contributed by atoms with E-state index in [-0.39, 0.29) is 31.0 Å². The summed E-state index contributed by atoms with van der Waals surface area (Å²) in [5, 5.41) is 0. The summed E-state index contributed by atoms with van der Waals surface area (Å²) in [5.41, 5.74) is 0.932. The Morgan fingerprint density at radius 3 is 2.38 bits per heavy atom. The fraction of sp³-hybridized carbons (Fsp3) is 0.545. The van der Waals surface area contributed by atoms with E-state index in [1.165, 1.54) is 9.80 Å². The van der Waals surface area contributed by atoms with Gasteiger partial charge in [-0.15, -0.1) is 0 Å². The van der Waals surface area contributed by atoms with E-state index in [9.17, 15) is 14.4 Å². The first kappa shape index (κ1) is 31.2.